The maximum atomic E-state index is 12.9. The number of esters is 1. The van der Waals surface area contributed by atoms with Crippen LogP contribution in [0.5, 0.6) is 5.75 Å². The molecule has 1 aromatic carbocycles. The highest BCUT2D eigenvalue weighted by atomic mass is 32.2. The molecular weight excluding hydrogens is 368 g/mol. The zero-order valence-electron chi connectivity index (χ0n) is 15.6. The smallest absolute Gasteiger partial charge is 0.314 e. The quantitative estimate of drug-likeness (QED) is 0.462. The summed E-state index contributed by atoms with van der Waals surface area (Å²) in [6.45, 7) is 3.79. The average molecular weight is 394 g/mol. The van der Waals surface area contributed by atoms with Crippen LogP contribution in [0.1, 0.15) is 46.0 Å². The molecule has 4 bridgehead atoms. The summed E-state index contributed by atoms with van der Waals surface area (Å²) >= 11 is 0. The molecule has 7 heteroatoms. The SMILES string of the molecule is CC(C)(O)C12CC3CC(C1)C(C(=O)Oc1ccc(S(=O)(=O)O)cc1)C(C3)C2. The van der Waals surface area contributed by atoms with E-state index in [1.807, 2.05) is 13.8 Å². The Bertz CT molecular complexity index is 835. The molecule has 27 heavy (non-hydrogen) atoms. The van der Waals surface area contributed by atoms with Crippen LogP contribution in [0.15, 0.2) is 29.2 Å². The molecular formula is C20H26O6S. The van der Waals surface area contributed by atoms with Crippen LogP contribution in [0, 0.1) is 29.1 Å². The van der Waals surface area contributed by atoms with E-state index in [9.17, 15) is 18.3 Å². The number of hydrogen-bond acceptors (Lipinski definition) is 5. The van der Waals surface area contributed by atoms with Crippen LogP contribution < -0.4 is 4.74 Å². The first-order valence-corrected chi connectivity index (χ1v) is 10.9. The molecule has 1 aromatic rings. The van der Waals surface area contributed by atoms with Gasteiger partial charge in [-0.25, -0.2) is 0 Å². The van der Waals surface area contributed by atoms with E-state index < -0.39 is 15.7 Å². The van der Waals surface area contributed by atoms with E-state index in [-0.39, 0.29) is 39.8 Å². The third-order valence-corrected chi connectivity index (χ3v) is 8.05. The fourth-order valence-electron chi connectivity index (χ4n) is 6.02. The van der Waals surface area contributed by atoms with Gasteiger partial charge in [0.25, 0.3) is 10.1 Å². The molecule has 4 aliphatic carbocycles. The number of carbonyl (C=O) groups excluding carboxylic acids is 1. The molecule has 4 saturated carbocycles. The lowest BCUT2D eigenvalue weighted by Crippen LogP contribution is -2.60. The number of aliphatic hydroxyl groups is 1. The second-order valence-corrected chi connectivity index (χ2v) is 10.6. The van der Waals surface area contributed by atoms with Crippen molar-refractivity contribution in [2.45, 2.75) is 56.4 Å². The Morgan fingerprint density at radius 3 is 2.15 bits per heavy atom. The first kappa shape index (κ1) is 18.9. The van der Waals surface area contributed by atoms with Gasteiger partial charge in [-0.2, -0.15) is 8.42 Å². The third-order valence-electron chi connectivity index (χ3n) is 7.18. The van der Waals surface area contributed by atoms with Gasteiger partial charge in [0.05, 0.1) is 16.4 Å². The second kappa shape index (κ2) is 6.03. The maximum Gasteiger partial charge on any atom is 0.314 e. The summed E-state index contributed by atoms with van der Waals surface area (Å²) in [6.07, 6.45) is 4.77. The molecule has 4 fully saturated rings. The highest BCUT2D eigenvalue weighted by Gasteiger charge is 2.61. The van der Waals surface area contributed by atoms with Crippen molar-refractivity contribution in [1.29, 1.82) is 0 Å². The summed E-state index contributed by atoms with van der Waals surface area (Å²) in [4.78, 5) is 12.7. The van der Waals surface area contributed by atoms with Crippen molar-refractivity contribution in [3.63, 3.8) is 0 Å². The van der Waals surface area contributed by atoms with Crippen LogP contribution in [0.4, 0.5) is 0 Å². The van der Waals surface area contributed by atoms with Gasteiger partial charge in [0.2, 0.25) is 0 Å². The second-order valence-electron chi connectivity index (χ2n) is 9.20. The standard InChI is InChI=1S/C20H26O6S/c1-19(2,22)20-9-12-7-13(10-20)17(14(8-12)11-20)18(21)26-15-3-5-16(6-4-15)27(23,24)25/h3-6,12-14,17,22H,7-11H2,1-2H3,(H,23,24,25). The molecule has 6 nitrogen and oxygen atoms in total. The van der Waals surface area contributed by atoms with Gasteiger partial charge in [-0.05, 0) is 93.4 Å². The Morgan fingerprint density at radius 1 is 1.11 bits per heavy atom. The van der Waals surface area contributed by atoms with Gasteiger partial charge >= 0.3 is 5.97 Å². The average Bonchev–Trinajstić information content (AvgIpc) is 2.52. The maximum absolute atomic E-state index is 12.9. The predicted octanol–water partition coefficient (Wildman–Crippen LogP) is 3.05. The Labute approximate surface area is 159 Å². The largest absolute Gasteiger partial charge is 0.426 e. The molecule has 0 heterocycles. The van der Waals surface area contributed by atoms with Crippen LogP contribution in [-0.2, 0) is 14.9 Å². The monoisotopic (exact) mass is 394 g/mol. The number of hydrogen-bond donors (Lipinski definition) is 2. The molecule has 0 aliphatic heterocycles. The van der Waals surface area contributed by atoms with Gasteiger partial charge in [-0.3, -0.25) is 9.35 Å². The van der Waals surface area contributed by atoms with Crippen LogP contribution in [0.2, 0.25) is 0 Å². The van der Waals surface area contributed by atoms with E-state index >= 15 is 0 Å². The van der Waals surface area contributed by atoms with Crippen molar-refractivity contribution in [1.82, 2.24) is 0 Å². The molecule has 0 aromatic heterocycles. The molecule has 0 spiro atoms. The summed E-state index contributed by atoms with van der Waals surface area (Å²) in [5, 5.41) is 10.7. The van der Waals surface area contributed by atoms with Crippen LogP contribution in [-0.4, -0.2) is 29.6 Å². The van der Waals surface area contributed by atoms with Gasteiger partial charge in [0.15, 0.2) is 0 Å². The lowest BCUT2D eigenvalue weighted by molar-refractivity contribution is -0.192. The van der Waals surface area contributed by atoms with E-state index in [0.29, 0.717) is 5.92 Å². The zero-order chi connectivity index (χ0) is 19.6. The van der Waals surface area contributed by atoms with Crippen LogP contribution in [0.3, 0.4) is 0 Å². The Balaban J connectivity index is 1.51. The Morgan fingerprint density at radius 2 is 1.67 bits per heavy atom. The lowest BCUT2D eigenvalue weighted by Gasteiger charge is -2.62. The van der Waals surface area contributed by atoms with Gasteiger partial charge in [-0.1, -0.05) is 0 Å². The number of ether oxygens (including phenoxy) is 1. The molecule has 5 rings (SSSR count). The minimum absolute atomic E-state index is 0.0998. The van der Waals surface area contributed by atoms with Crippen molar-refractivity contribution in [2.75, 3.05) is 0 Å². The highest BCUT2D eigenvalue weighted by molar-refractivity contribution is 7.85. The van der Waals surface area contributed by atoms with E-state index in [4.69, 9.17) is 9.29 Å². The first-order valence-electron chi connectivity index (χ1n) is 9.50. The lowest BCUT2D eigenvalue weighted by atomic mass is 9.43. The van der Waals surface area contributed by atoms with E-state index in [1.54, 1.807) is 0 Å². The van der Waals surface area contributed by atoms with Crippen molar-refractivity contribution < 1.29 is 27.6 Å². The van der Waals surface area contributed by atoms with Gasteiger partial charge < -0.3 is 9.84 Å². The Hall–Kier alpha value is -1.44. The molecule has 0 amide bonds. The van der Waals surface area contributed by atoms with Crippen molar-refractivity contribution in [3.05, 3.63) is 24.3 Å². The molecule has 4 aliphatic rings. The number of benzene rings is 1. The van der Waals surface area contributed by atoms with Gasteiger partial charge in [-0.15, -0.1) is 0 Å². The summed E-state index contributed by atoms with van der Waals surface area (Å²) in [6, 6.07) is 5.21. The normalized spacial score (nSPS) is 35.3. The molecule has 0 saturated heterocycles. The molecule has 2 unspecified atom stereocenters. The van der Waals surface area contributed by atoms with E-state index in [0.717, 1.165) is 32.1 Å². The van der Waals surface area contributed by atoms with Crippen LogP contribution >= 0.6 is 0 Å². The molecule has 148 valence electrons. The predicted molar refractivity (Wildman–Crippen MR) is 97.7 cm³/mol. The highest BCUT2D eigenvalue weighted by Crippen LogP contribution is 2.65. The molecule has 2 atom stereocenters. The van der Waals surface area contributed by atoms with Gasteiger partial charge in [0.1, 0.15) is 5.75 Å². The molecule has 0 radical (unpaired) electrons. The number of carbonyl (C=O) groups is 1. The minimum Gasteiger partial charge on any atom is -0.426 e. The van der Waals surface area contributed by atoms with Crippen molar-refractivity contribution >= 4 is 16.1 Å². The number of rotatable bonds is 4. The van der Waals surface area contributed by atoms with E-state index in [2.05, 4.69) is 0 Å². The zero-order valence-corrected chi connectivity index (χ0v) is 16.4. The summed E-state index contributed by atoms with van der Waals surface area (Å²) in [7, 11) is -4.27. The Kier molecular flexibility index (Phi) is 4.22. The van der Waals surface area contributed by atoms with E-state index in [1.165, 1.54) is 24.3 Å². The van der Waals surface area contributed by atoms with Crippen LogP contribution in [0.25, 0.3) is 0 Å². The summed E-state index contributed by atoms with van der Waals surface area (Å²) in [5.74, 6) is 0.873. The fourth-order valence-corrected chi connectivity index (χ4v) is 6.50. The topological polar surface area (TPSA) is 101 Å². The molecule has 2 N–H and O–H groups in total. The first-order chi connectivity index (χ1) is 12.5. The van der Waals surface area contributed by atoms with Crippen molar-refractivity contribution in [3.8, 4) is 5.75 Å². The summed E-state index contributed by atoms with van der Waals surface area (Å²) in [5.41, 5.74) is -0.847. The van der Waals surface area contributed by atoms with Crippen molar-refractivity contribution in [2.24, 2.45) is 29.1 Å². The third kappa shape index (κ3) is 3.19. The van der Waals surface area contributed by atoms with Gasteiger partial charge in [0, 0.05) is 0 Å². The minimum atomic E-state index is -4.27. The summed E-state index contributed by atoms with van der Waals surface area (Å²) < 4.78 is 36.8. The fraction of sp³-hybridized carbons (Fsp3) is 0.650.